The number of esters is 2. The van der Waals surface area contributed by atoms with Crippen LogP contribution >= 0.6 is 23.2 Å². The van der Waals surface area contributed by atoms with E-state index >= 15 is 0 Å². The fourth-order valence-corrected chi connectivity index (χ4v) is 0.235. The van der Waals surface area contributed by atoms with E-state index in [-0.39, 0.29) is 11.9 Å². The van der Waals surface area contributed by atoms with Crippen molar-refractivity contribution < 1.29 is 38.9 Å². The quantitative estimate of drug-likeness (QED) is 0.448. The predicted octanol–water partition coefficient (Wildman–Crippen LogP) is 3.19. The molecule has 0 aliphatic rings. The van der Waals surface area contributed by atoms with Gasteiger partial charge in [0.15, 0.2) is 0 Å². The second kappa shape index (κ2) is 22.1. The second-order valence-corrected chi connectivity index (χ2v) is 2.70. The van der Waals surface area contributed by atoms with Gasteiger partial charge in [-0.15, -0.1) is 0 Å². The van der Waals surface area contributed by atoms with E-state index in [4.69, 9.17) is 19.8 Å². The van der Waals surface area contributed by atoms with Crippen LogP contribution in [0.1, 0.15) is 13.8 Å². The van der Waals surface area contributed by atoms with Crippen molar-refractivity contribution >= 4 is 46.0 Å². The van der Waals surface area contributed by atoms with E-state index in [1.807, 2.05) is 0 Å². The first kappa shape index (κ1) is 26.5. The minimum atomic E-state index is -1.36. The summed E-state index contributed by atoms with van der Waals surface area (Å²) in [7, 11) is 0. The van der Waals surface area contributed by atoms with Gasteiger partial charge in [0, 0.05) is 37.0 Å². The van der Waals surface area contributed by atoms with Crippen LogP contribution in [0.25, 0.3) is 0 Å². The van der Waals surface area contributed by atoms with Crippen molar-refractivity contribution in [3.8, 4) is 0 Å². The number of halogens is 2. The zero-order valence-corrected chi connectivity index (χ0v) is 12.2. The molecule has 0 heterocycles. The molecule has 2 N–H and O–H groups in total. The summed E-state index contributed by atoms with van der Waals surface area (Å²) in [6.07, 6.45) is 2.20. The number of carboxylic acid groups (broad SMARTS) is 2. The van der Waals surface area contributed by atoms with Gasteiger partial charge in [0.2, 0.25) is 0 Å². The van der Waals surface area contributed by atoms with Gasteiger partial charge in [-0.3, -0.25) is 9.59 Å². The standard InChI is InChI=1S/2C4H6O2.2CHClO2/c2*1-3-6-4(2)5;2*2-1(3)4/h2*3H,1H2,2H3;2*(H,3,4). The molecule has 0 saturated carbocycles. The number of carbonyl (C=O) groups excluding carboxylic acids is 2. The van der Waals surface area contributed by atoms with Gasteiger partial charge in [0.25, 0.3) is 0 Å². The van der Waals surface area contributed by atoms with Crippen molar-refractivity contribution in [3.63, 3.8) is 0 Å². The SMILES string of the molecule is C=COC(C)=O.C=COC(C)=O.O=C(O)Cl.O=C(O)Cl. The normalized spacial score (nSPS) is 6.60. The summed E-state index contributed by atoms with van der Waals surface area (Å²) < 4.78 is 8.33. The van der Waals surface area contributed by atoms with E-state index in [1.165, 1.54) is 13.8 Å². The van der Waals surface area contributed by atoms with E-state index in [2.05, 4.69) is 45.8 Å². The lowest BCUT2D eigenvalue weighted by Crippen LogP contribution is -1.87. The van der Waals surface area contributed by atoms with Crippen LogP contribution < -0.4 is 0 Å². The van der Waals surface area contributed by atoms with Crippen LogP contribution in [0.2, 0.25) is 0 Å². The molecule has 0 rings (SSSR count). The van der Waals surface area contributed by atoms with Crippen molar-refractivity contribution in [3.05, 3.63) is 25.7 Å². The molecular formula is C10H14Cl2O8. The summed E-state index contributed by atoms with van der Waals surface area (Å²) in [5.74, 6) is -0.657. The highest BCUT2D eigenvalue weighted by atomic mass is 35.5. The lowest BCUT2D eigenvalue weighted by Gasteiger charge is -1.83. The van der Waals surface area contributed by atoms with Gasteiger partial charge in [-0.05, 0) is 0 Å². The molecule has 8 nitrogen and oxygen atoms in total. The summed E-state index contributed by atoms with van der Waals surface area (Å²) in [6, 6.07) is 0. The van der Waals surface area contributed by atoms with E-state index in [0.29, 0.717) is 0 Å². The van der Waals surface area contributed by atoms with E-state index in [9.17, 15) is 9.59 Å². The molecule has 0 spiro atoms. The Kier molecular flexibility index (Phi) is 29.3. The monoisotopic (exact) mass is 332 g/mol. The number of hydrogen-bond acceptors (Lipinski definition) is 6. The number of ether oxygens (including phenoxy) is 2. The Labute approximate surface area is 125 Å². The fourth-order valence-electron chi connectivity index (χ4n) is 0.235. The lowest BCUT2D eigenvalue weighted by molar-refractivity contribution is -0.136. The van der Waals surface area contributed by atoms with Crippen LogP contribution in [-0.2, 0) is 19.1 Å². The molecule has 0 radical (unpaired) electrons. The van der Waals surface area contributed by atoms with Crippen LogP contribution in [0.15, 0.2) is 25.7 Å². The fraction of sp³-hybridized carbons (Fsp3) is 0.200. The molecule has 0 unspecified atom stereocenters. The van der Waals surface area contributed by atoms with Crippen LogP contribution in [-0.4, -0.2) is 33.0 Å². The van der Waals surface area contributed by atoms with Gasteiger partial charge in [-0.25, -0.2) is 9.59 Å². The summed E-state index contributed by atoms with van der Waals surface area (Å²) in [5.41, 5.74) is -2.72. The Hall–Kier alpha value is -2.06. The van der Waals surface area contributed by atoms with Gasteiger partial charge in [0.1, 0.15) is 0 Å². The van der Waals surface area contributed by atoms with Gasteiger partial charge >= 0.3 is 22.8 Å². The molecule has 20 heavy (non-hydrogen) atoms. The molecule has 0 aromatic heterocycles. The number of rotatable bonds is 2. The first-order valence-electron chi connectivity index (χ1n) is 4.34. The van der Waals surface area contributed by atoms with Crippen LogP contribution in [0.3, 0.4) is 0 Å². The van der Waals surface area contributed by atoms with Crippen LogP contribution in [0.4, 0.5) is 9.59 Å². The molecule has 0 fully saturated rings. The zero-order valence-electron chi connectivity index (χ0n) is 10.7. The maximum Gasteiger partial charge on any atom is 0.401 e. The third-order valence-corrected chi connectivity index (χ3v) is 0.499. The highest BCUT2D eigenvalue weighted by Gasteiger charge is 1.79. The first-order valence-corrected chi connectivity index (χ1v) is 5.09. The van der Waals surface area contributed by atoms with Gasteiger partial charge < -0.3 is 19.7 Å². The Bertz CT molecular complexity index is 287. The molecule has 0 aromatic carbocycles. The largest absolute Gasteiger partial charge is 0.469 e. The van der Waals surface area contributed by atoms with Crippen molar-refractivity contribution in [2.45, 2.75) is 13.8 Å². The molecule has 0 aromatic rings. The average Bonchev–Trinajstić information content (AvgIpc) is 2.15. The van der Waals surface area contributed by atoms with E-state index in [1.54, 1.807) is 0 Å². The van der Waals surface area contributed by atoms with Crippen molar-refractivity contribution in [1.82, 2.24) is 0 Å². The summed E-state index contributed by atoms with van der Waals surface area (Å²) in [4.78, 5) is 37.0. The van der Waals surface area contributed by atoms with Crippen molar-refractivity contribution in [2.75, 3.05) is 0 Å². The smallest absolute Gasteiger partial charge is 0.401 e. The number of hydrogen-bond donors (Lipinski definition) is 2. The summed E-state index contributed by atoms with van der Waals surface area (Å²) in [6.45, 7) is 8.96. The molecular weight excluding hydrogens is 319 g/mol. The first-order chi connectivity index (χ1) is 9.00. The third-order valence-electron chi connectivity index (χ3n) is 0.499. The van der Waals surface area contributed by atoms with Crippen LogP contribution in [0, 0.1) is 0 Å². The Morgan fingerprint density at radius 2 is 1.00 bits per heavy atom. The lowest BCUT2D eigenvalue weighted by atomic mass is 10.8. The Morgan fingerprint density at radius 3 is 1.00 bits per heavy atom. The Balaban J connectivity index is -0.0000000871. The van der Waals surface area contributed by atoms with Gasteiger partial charge in [-0.2, -0.15) is 0 Å². The summed E-state index contributed by atoms with van der Waals surface area (Å²) >= 11 is 8.38. The topological polar surface area (TPSA) is 127 Å². The molecule has 0 atom stereocenters. The van der Waals surface area contributed by atoms with Crippen molar-refractivity contribution in [1.29, 1.82) is 0 Å². The predicted molar refractivity (Wildman–Crippen MR) is 71.7 cm³/mol. The number of carbonyl (C=O) groups is 4. The van der Waals surface area contributed by atoms with E-state index < -0.39 is 10.9 Å². The van der Waals surface area contributed by atoms with Gasteiger partial charge in [-0.1, -0.05) is 13.2 Å². The molecule has 0 bridgehead atoms. The molecule has 0 aliphatic carbocycles. The maximum atomic E-state index is 9.75. The molecule has 0 aliphatic heterocycles. The highest BCUT2D eigenvalue weighted by molar-refractivity contribution is 6.60. The van der Waals surface area contributed by atoms with Gasteiger partial charge in [0.05, 0.1) is 12.5 Å². The second-order valence-electron chi connectivity index (χ2n) is 2.06. The average molecular weight is 333 g/mol. The summed E-state index contributed by atoms with van der Waals surface area (Å²) in [5, 5.41) is 14.4. The molecule has 0 saturated heterocycles. The minimum absolute atomic E-state index is 0.329. The minimum Gasteiger partial charge on any atom is -0.469 e. The zero-order chi connectivity index (χ0) is 17.1. The molecule has 10 heteroatoms. The van der Waals surface area contributed by atoms with Crippen LogP contribution in [0.5, 0.6) is 0 Å². The maximum absolute atomic E-state index is 9.75. The van der Waals surface area contributed by atoms with E-state index in [0.717, 1.165) is 12.5 Å². The van der Waals surface area contributed by atoms with Crippen molar-refractivity contribution in [2.24, 2.45) is 0 Å². The third kappa shape index (κ3) is 229. The molecule has 0 amide bonds. The molecule has 116 valence electrons. The Morgan fingerprint density at radius 1 is 0.850 bits per heavy atom. The highest BCUT2D eigenvalue weighted by Crippen LogP contribution is 1.71.